The van der Waals surface area contributed by atoms with E-state index in [0.717, 1.165) is 27.9 Å². The molecule has 0 saturated carbocycles. The van der Waals surface area contributed by atoms with Gasteiger partial charge in [0.15, 0.2) is 5.65 Å². The molecule has 0 spiro atoms. The first-order chi connectivity index (χ1) is 20.4. The van der Waals surface area contributed by atoms with Gasteiger partial charge in [-0.1, -0.05) is 24.3 Å². The van der Waals surface area contributed by atoms with Crippen molar-refractivity contribution < 1.29 is 18.7 Å². The average molecular weight is 565 g/mol. The topological polar surface area (TPSA) is 101 Å². The number of carbonyl (C=O) groups excluding carboxylic acids is 2. The highest BCUT2D eigenvalue weighted by Gasteiger charge is 2.19. The molecule has 0 unspecified atom stereocenters. The van der Waals surface area contributed by atoms with Gasteiger partial charge in [-0.3, -0.25) is 9.59 Å². The van der Waals surface area contributed by atoms with E-state index >= 15 is 0 Å². The molecule has 1 saturated heterocycles. The fraction of sp³-hybridized carbons (Fsp3) is 0.188. The quantitative estimate of drug-likeness (QED) is 0.280. The zero-order chi connectivity index (χ0) is 29.1. The van der Waals surface area contributed by atoms with E-state index in [0.29, 0.717) is 49.1 Å². The minimum atomic E-state index is -0.329. The molecule has 1 fully saturated rings. The summed E-state index contributed by atoms with van der Waals surface area (Å²) in [4.78, 5) is 31.6. The number of aryl methyl sites for hydroxylation is 1. The Morgan fingerprint density at radius 3 is 2.40 bits per heavy atom. The molecule has 2 N–H and O–H groups in total. The Morgan fingerprint density at radius 2 is 1.67 bits per heavy atom. The second-order valence-corrected chi connectivity index (χ2v) is 10.1. The van der Waals surface area contributed by atoms with Gasteiger partial charge in [0.05, 0.1) is 19.6 Å². The molecule has 2 amide bonds. The number of morpholine rings is 1. The fourth-order valence-corrected chi connectivity index (χ4v) is 4.85. The van der Waals surface area contributed by atoms with Crippen LogP contribution in [-0.4, -0.2) is 57.6 Å². The molecule has 2 aromatic heterocycles. The number of pyridine rings is 1. The molecular formula is C32H29FN6O3. The van der Waals surface area contributed by atoms with Gasteiger partial charge in [0.25, 0.3) is 5.91 Å². The lowest BCUT2D eigenvalue weighted by atomic mass is 10.1. The highest BCUT2D eigenvalue weighted by atomic mass is 19.1. The molecule has 1 aliphatic rings. The maximum absolute atomic E-state index is 13.1. The van der Waals surface area contributed by atoms with Gasteiger partial charge >= 0.3 is 0 Å². The molecule has 9 nitrogen and oxygen atoms in total. The summed E-state index contributed by atoms with van der Waals surface area (Å²) >= 11 is 0. The molecule has 3 heterocycles. The van der Waals surface area contributed by atoms with Crippen molar-refractivity contribution in [1.82, 2.24) is 19.5 Å². The van der Waals surface area contributed by atoms with Crippen LogP contribution in [0.3, 0.4) is 0 Å². The highest BCUT2D eigenvalue weighted by Crippen LogP contribution is 2.24. The van der Waals surface area contributed by atoms with Crippen LogP contribution < -0.4 is 10.6 Å². The van der Waals surface area contributed by atoms with Crippen LogP contribution in [-0.2, 0) is 16.0 Å². The van der Waals surface area contributed by atoms with Crippen LogP contribution in [0.1, 0.15) is 21.5 Å². The minimum Gasteiger partial charge on any atom is -0.378 e. The van der Waals surface area contributed by atoms with E-state index < -0.39 is 0 Å². The number of rotatable bonds is 7. The van der Waals surface area contributed by atoms with Gasteiger partial charge in [-0.15, -0.1) is 5.10 Å². The third-order valence-electron chi connectivity index (χ3n) is 7.13. The van der Waals surface area contributed by atoms with Gasteiger partial charge in [-0.25, -0.2) is 8.91 Å². The molecule has 6 rings (SSSR count). The Balaban J connectivity index is 1.11. The number of halogens is 1. The van der Waals surface area contributed by atoms with Gasteiger partial charge in [0.1, 0.15) is 5.82 Å². The summed E-state index contributed by atoms with van der Waals surface area (Å²) in [6, 6.07) is 22.9. The van der Waals surface area contributed by atoms with Gasteiger partial charge < -0.3 is 20.3 Å². The van der Waals surface area contributed by atoms with Crippen molar-refractivity contribution in [3.63, 3.8) is 0 Å². The predicted octanol–water partition coefficient (Wildman–Crippen LogP) is 5.24. The van der Waals surface area contributed by atoms with Crippen LogP contribution in [0.2, 0.25) is 0 Å². The van der Waals surface area contributed by atoms with E-state index in [4.69, 9.17) is 4.74 Å². The van der Waals surface area contributed by atoms with Crippen LogP contribution in [0.25, 0.3) is 16.8 Å². The van der Waals surface area contributed by atoms with E-state index in [1.165, 1.54) is 12.1 Å². The second-order valence-electron chi connectivity index (χ2n) is 10.1. The summed E-state index contributed by atoms with van der Waals surface area (Å²) in [5.41, 5.74) is 6.37. The lowest BCUT2D eigenvalue weighted by molar-refractivity contribution is -0.115. The Kier molecular flexibility index (Phi) is 7.61. The van der Waals surface area contributed by atoms with Crippen molar-refractivity contribution in [2.75, 3.05) is 36.9 Å². The Hall–Kier alpha value is -5.09. The first-order valence-electron chi connectivity index (χ1n) is 13.7. The fourth-order valence-electron chi connectivity index (χ4n) is 4.85. The standard InChI is InChI=1S/C32H29FN6O3/c1-21-18-24(31(41)38-14-16-42-17-15-38)6-12-28(21)35-32-36-29-13-7-25(20-39(29)37-32)23-4-10-27(11-5-23)34-30(40)19-22-2-8-26(33)9-3-22/h2-13,18,20H,14-17,19H2,1H3,(H,34,40)(H,35,37). The monoisotopic (exact) mass is 564 g/mol. The molecule has 0 aliphatic carbocycles. The van der Waals surface area contributed by atoms with E-state index in [2.05, 4.69) is 20.7 Å². The number of nitrogens with one attached hydrogen (secondary N) is 2. The molecule has 3 aromatic carbocycles. The van der Waals surface area contributed by atoms with Gasteiger partial charge in [-0.05, 0) is 78.2 Å². The van der Waals surface area contributed by atoms with E-state index in [1.54, 1.807) is 16.6 Å². The Morgan fingerprint density at radius 1 is 0.929 bits per heavy atom. The summed E-state index contributed by atoms with van der Waals surface area (Å²) in [5, 5.41) is 10.7. The number of fused-ring (bicyclic) bond motifs is 1. The average Bonchev–Trinajstić information content (AvgIpc) is 3.41. The largest absolute Gasteiger partial charge is 0.378 e. The molecule has 5 aromatic rings. The number of anilines is 3. The number of hydrogen-bond acceptors (Lipinski definition) is 6. The summed E-state index contributed by atoms with van der Waals surface area (Å²) < 4.78 is 20.2. The maximum atomic E-state index is 13.1. The SMILES string of the molecule is Cc1cc(C(=O)N2CCOCC2)ccc1Nc1nc2ccc(-c3ccc(NC(=O)Cc4ccc(F)cc4)cc3)cn2n1. The van der Waals surface area contributed by atoms with Crippen molar-refractivity contribution in [2.45, 2.75) is 13.3 Å². The number of nitrogens with zero attached hydrogens (tertiary/aromatic N) is 4. The molecule has 1 aliphatic heterocycles. The maximum Gasteiger partial charge on any atom is 0.254 e. The lowest BCUT2D eigenvalue weighted by Crippen LogP contribution is -2.40. The molecular weight excluding hydrogens is 535 g/mol. The lowest BCUT2D eigenvalue weighted by Gasteiger charge is -2.27. The summed E-state index contributed by atoms with van der Waals surface area (Å²) in [5.74, 6) is -0.0504. The van der Waals surface area contributed by atoms with Crippen molar-refractivity contribution >= 4 is 34.8 Å². The number of benzene rings is 3. The number of carbonyl (C=O) groups is 2. The second kappa shape index (κ2) is 11.8. The van der Waals surface area contributed by atoms with Gasteiger partial charge in [0, 0.05) is 41.8 Å². The summed E-state index contributed by atoms with van der Waals surface area (Å²) in [6.45, 7) is 4.28. The van der Waals surface area contributed by atoms with Crippen molar-refractivity contribution in [2.24, 2.45) is 0 Å². The smallest absolute Gasteiger partial charge is 0.254 e. The summed E-state index contributed by atoms with van der Waals surface area (Å²) in [6.07, 6.45) is 2.06. The van der Waals surface area contributed by atoms with E-state index in [1.807, 2.05) is 72.6 Å². The molecule has 212 valence electrons. The van der Waals surface area contributed by atoms with Crippen LogP contribution >= 0.6 is 0 Å². The number of aromatic nitrogens is 3. The Labute approximate surface area is 242 Å². The summed E-state index contributed by atoms with van der Waals surface area (Å²) in [7, 11) is 0. The first-order valence-corrected chi connectivity index (χ1v) is 13.7. The van der Waals surface area contributed by atoms with E-state index in [-0.39, 0.29) is 24.1 Å². The van der Waals surface area contributed by atoms with Crippen LogP contribution in [0, 0.1) is 12.7 Å². The first kappa shape index (κ1) is 27.1. The minimum absolute atomic E-state index is 0.00625. The van der Waals surface area contributed by atoms with Crippen LogP contribution in [0.4, 0.5) is 21.7 Å². The third-order valence-corrected chi connectivity index (χ3v) is 7.13. The third kappa shape index (κ3) is 6.13. The molecule has 10 heteroatoms. The molecule has 42 heavy (non-hydrogen) atoms. The van der Waals surface area contributed by atoms with Crippen molar-refractivity contribution in [3.05, 3.63) is 108 Å². The molecule has 0 radical (unpaired) electrons. The number of ether oxygens (including phenoxy) is 1. The van der Waals surface area contributed by atoms with Crippen molar-refractivity contribution in [1.29, 1.82) is 0 Å². The number of hydrogen-bond donors (Lipinski definition) is 2. The van der Waals surface area contributed by atoms with Crippen LogP contribution in [0.5, 0.6) is 0 Å². The van der Waals surface area contributed by atoms with Crippen molar-refractivity contribution in [3.8, 4) is 11.1 Å². The highest BCUT2D eigenvalue weighted by molar-refractivity contribution is 5.95. The zero-order valence-electron chi connectivity index (χ0n) is 23.0. The van der Waals surface area contributed by atoms with E-state index in [9.17, 15) is 14.0 Å². The van der Waals surface area contributed by atoms with Gasteiger partial charge in [-0.2, -0.15) is 4.98 Å². The molecule has 0 bridgehead atoms. The van der Waals surface area contributed by atoms with Crippen LogP contribution in [0.15, 0.2) is 85.1 Å². The molecule has 0 atom stereocenters. The Bertz CT molecular complexity index is 1750. The zero-order valence-corrected chi connectivity index (χ0v) is 23.0. The predicted molar refractivity (Wildman–Crippen MR) is 158 cm³/mol. The van der Waals surface area contributed by atoms with Gasteiger partial charge in [0.2, 0.25) is 11.9 Å². The number of amides is 2. The normalized spacial score (nSPS) is 13.2.